The van der Waals surface area contributed by atoms with E-state index in [0.717, 1.165) is 0 Å². The molecule has 31 nitrogen and oxygen atoms in total. The van der Waals surface area contributed by atoms with Gasteiger partial charge in [0.1, 0.15) is 128 Å². The molecule has 0 amide bonds. The van der Waals surface area contributed by atoms with E-state index in [2.05, 4.69) is 0 Å². The second kappa shape index (κ2) is 22.4. The first-order valence-corrected chi connectivity index (χ1v) is 21.1. The first-order valence-electron chi connectivity index (χ1n) is 21.1. The Balaban J connectivity index is 0.936. The van der Waals surface area contributed by atoms with Gasteiger partial charge in [-0.3, -0.25) is 0 Å². The molecule has 0 spiro atoms. The zero-order valence-electron chi connectivity index (χ0n) is 34.8. The zero-order valence-corrected chi connectivity index (χ0v) is 34.8. The number of hydrogen-bond acceptors (Lipinski definition) is 30. The van der Waals surface area contributed by atoms with E-state index >= 15 is 0 Å². The average Bonchev–Trinajstić information content (AvgIpc) is 3.30. The van der Waals surface area contributed by atoms with E-state index < -0.39 is 224 Å². The molecule has 1 unspecified atom stereocenters. The van der Waals surface area contributed by atoms with Crippen LogP contribution in [0.2, 0.25) is 0 Å². The Morgan fingerprint density at radius 3 is 1.12 bits per heavy atom. The van der Waals surface area contributed by atoms with Crippen LogP contribution in [0.25, 0.3) is 0 Å². The van der Waals surface area contributed by atoms with Gasteiger partial charge < -0.3 is 148 Å². The molecule has 31 heteroatoms. The molecule has 0 aromatic rings. The number of aliphatic hydroxyl groups excluding tert-OH is 16. The SMILES string of the molecule is O=C(O)[C@H]1O[C@H](O[C@H]2[C@H](O[C@@H]3CO[C@@H](O[C@@H]4CO[C@@H](O[C@@H]5CO[C@@H](O[C@@H]6COC(O)[C@H](O)[C@H]6O)[C@H](O)[C@H]5O)[C@H](O)[C@H]4O)[C@H](O)[C@H]3O)OC[C@@H](O[C@@H]3OC[C@@H](O)[C@H](O)[C@H]3O)[C@@H]2O)[C@H](O)[C@@H](O)[C@@H]1O. The van der Waals surface area contributed by atoms with Crippen LogP contribution in [0.1, 0.15) is 0 Å². The van der Waals surface area contributed by atoms with E-state index in [0.29, 0.717) is 0 Å². The van der Waals surface area contributed by atoms with Crippen molar-refractivity contribution >= 4 is 5.97 Å². The van der Waals surface area contributed by atoms with Crippen LogP contribution in [0, 0.1) is 0 Å². The lowest BCUT2D eigenvalue weighted by molar-refractivity contribution is -0.383. The third-order valence-corrected chi connectivity index (χ3v) is 12.3. The van der Waals surface area contributed by atoms with Crippen LogP contribution in [-0.4, -0.2) is 311 Å². The summed E-state index contributed by atoms with van der Waals surface area (Å²) in [5.74, 6) is -1.77. The minimum Gasteiger partial charge on any atom is -0.479 e. The van der Waals surface area contributed by atoms with Crippen molar-refractivity contribution in [3.05, 3.63) is 0 Å². The summed E-state index contributed by atoms with van der Waals surface area (Å²) < 4.78 is 71.3. The molecule has 0 bridgehead atoms. The predicted molar refractivity (Wildman–Crippen MR) is 196 cm³/mol. The van der Waals surface area contributed by atoms with Crippen molar-refractivity contribution in [2.75, 3.05) is 39.6 Å². The maximum absolute atomic E-state index is 11.8. The quantitative estimate of drug-likeness (QED) is 0.0815. The molecule has 29 atom stereocenters. The Labute approximate surface area is 377 Å². The lowest BCUT2D eigenvalue weighted by Gasteiger charge is -2.47. The standard InChI is InChI=1S/C36H58O31/c37-7-1-56-31(22(47)13(7)38)64-12-6-60-36(28(18(12)43)67-35-26(51)19(44)20(45)27(66-35)29(52)53)65-11-5-59-34(25(50)17(11)42)63-10-4-58-33(24(49)16(10)41)62-9-3-57-32(23(48)15(9)40)61-8-2-55-30(54)21(46)14(8)39/h7-28,30-51,54H,1-6H2,(H,52,53)/t7-,8-,9-,10-,11-,12-,13+,14+,15+,16+,17+,18+,19+,20+,21-,22-,23-,24-,25-,26-,27+,28-,30?,31+,32+,33+,34+,35-,36+/m1/s1. The molecule has 0 aliphatic carbocycles. The van der Waals surface area contributed by atoms with Crippen LogP contribution in [0.3, 0.4) is 0 Å². The highest BCUT2D eigenvalue weighted by atomic mass is 16.8. The molecule has 7 rings (SSSR count). The zero-order chi connectivity index (χ0) is 48.8. The van der Waals surface area contributed by atoms with Gasteiger partial charge in [-0.05, 0) is 0 Å². The van der Waals surface area contributed by atoms with Gasteiger partial charge in [0.25, 0.3) is 0 Å². The van der Waals surface area contributed by atoms with E-state index in [9.17, 15) is 91.6 Å². The summed E-state index contributed by atoms with van der Waals surface area (Å²) in [6.07, 6.45) is -51.7. The van der Waals surface area contributed by atoms with Crippen LogP contribution in [0.15, 0.2) is 0 Å². The lowest BCUT2D eigenvalue weighted by Crippen LogP contribution is -2.65. The second-order valence-corrected chi connectivity index (χ2v) is 16.9. The van der Waals surface area contributed by atoms with E-state index in [1.807, 2.05) is 0 Å². The van der Waals surface area contributed by atoms with Gasteiger partial charge in [0, 0.05) is 0 Å². The van der Waals surface area contributed by atoms with Gasteiger partial charge >= 0.3 is 5.97 Å². The van der Waals surface area contributed by atoms with Crippen molar-refractivity contribution < 1.29 is 153 Å². The monoisotopic (exact) mass is 986 g/mol. The van der Waals surface area contributed by atoms with Crippen molar-refractivity contribution in [3.8, 4) is 0 Å². The number of hydrogen-bond donors (Lipinski definition) is 17. The number of carboxylic acid groups (broad SMARTS) is 1. The molecule has 7 saturated heterocycles. The molecule has 0 radical (unpaired) electrons. The summed E-state index contributed by atoms with van der Waals surface area (Å²) in [6.45, 7) is -3.19. The highest BCUT2D eigenvalue weighted by Crippen LogP contribution is 2.34. The fourth-order valence-electron chi connectivity index (χ4n) is 8.14. The first-order chi connectivity index (χ1) is 31.7. The minimum absolute atomic E-state index is 0.399. The molecular weight excluding hydrogens is 928 g/mol. The molecule has 388 valence electrons. The van der Waals surface area contributed by atoms with Crippen LogP contribution in [0.5, 0.6) is 0 Å². The Hall–Kier alpha value is -1.69. The summed E-state index contributed by atoms with van der Waals surface area (Å²) >= 11 is 0. The number of ether oxygens (including phenoxy) is 13. The summed E-state index contributed by atoms with van der Waals surface area (Å²) in [5.41, 5.74) is 0. The highest BCUT2D eigenvalue weighted by molar-refractivity contribution is 5.73. The van der Waals surface area contributed by atoms with E-state index in [4.69, 9.17) is 61.6 Å². The topological polar surface area (TPSA) is 481 Å². The predicted octanol–water partition coefficient (Wildman–Crippen LogP) is -12.3. The Bertz CT molecular complexity index is 1590. The lowest BCUT2D eigenvalue weighted by atomic mass is 9.98. The molecule has 7 aliphatic heterocycles. The molecule has 7 aliphatic rings. The number of aliphatic carboxylic acids is 1. The van der Waals surface area contributed by atoms with Crippen molar-refractivity contribution in [2.45, 2.75) is 178 Å². The Morgan fingerprint density at radius 1 is 0.328 bits per heavy atom. The number of carbonyl (C=O) groups is 1. The summed E-state index contributed by atoms with van der Waals surface area (Å²) in [4.78, 5) is 11.8. The fraction of sp³-hybridized carbons (Fsp3) is 0.972. The van der Waals surface area contributed by atoms with E-state index in [1.54, 1.807) is 0 Å². The largest absolute Gasteiger partial charge is 0.479 e. The maximum atomic E-state index is 11.8. The molecule has 7 fully saturated rings. The number of rotatable bonds is 13. The number of carboxylic acids is 1. The van der Waals surface area contributed by atoms with Crippen LogP contribution in [-0.2, 0) is 66.4 Å². The average molecular weight is 987 g/mol. The van der Waals surface area contributed by atoms with Crippen molar-refractivity contribution in [3.63, 3.8) is 0 Å². The Kier molecular flexibility index (Phi) is 17.7. The van der Waals surface area contributed by atoms with Crippen molar-refractivity contribution in [1.82, 2.24) is 0 Å². The van der Waals surface area contributed by atoms with Gasteiger partial charge in [-0.15, -0.1) is 0 Å². The van der Waals surface area contributed by atoms with Crippen LogP contribution in [0.4, 0.5) is 0 Å². The molecule has 0 aromatic carbocycles. The summed E-state index contributed by atoms with van der Waals surface area (Å²) in [5, 5.41) is 177. The smallest absolute Gasteiger partial charge is 0.335 e. The van der Waals surface area contributed by atoms with Gasteiger partial charge in [-0.2, -0.15) is 0 Å². The first kappa shape index (κ1) is 53.1. The van der Waals surface area contributed by atoms with E-state index in [-0.39, 0.29) is 0 Å². The fourth-order valence-corrected chi connectivity index (χ4v) is 8.14. The van der Waals surface area contributed by atoms with Gasteiger partial charge in [0.15, 0.2) is 50.1 Å². The Morgan fingerprint density at radius 2 is 0.672 bits per heavy atom. The molecular formula is C36H58O31. The van der Waals surface area contributed by atoms with Gasteiger partial charge in [-0.1, -0.05) is 0 Å². The van der Waals surface area contributed by atoms with Crippen LogP contribution >= 0.6 is 0 Å². The minimum atomic E-state index is -2.16. The maximum Gasteiger partial charge on any atom is 0.335 e. The molecule has 0 saturated carbocycles. The van der Waals surface area contributed by atoms with E-state index in [1.165, 1.54) is 0 Å². The molecule has 0 aromatic heterocycles. The normalized spacial score (nSPS) is 53.5. The van der Waals surface area contributed by atoms with Crippen LogP contribution < -0.4 is 0 Å². The second-order valence-electron chi connectivity index (χ2n) is 16.9. The van der Waals surface area contributed by atoms with Crippen molar-refractivity contribution in [2.24, 2.45) is 0 Å². The van der Waals surface area contributed by atoms with Gasteiger partial charge in [0.2, 0.25) is 0 Å². The molecule has 17 N–H and O–H groups in total. The van der Waals surface area contributed by atoms with Gasteiger partial charge in [-0.25, -0.2) is 4.79 Å². The number of aliphatic hydroxyl groups is 16. The summed E-state index contributed by atoms with van der Waals surface area (Å²) in [6, 6.07) is 0. The molecule has 67 heavy (non-hydrogen) atoms. The third-order valence-electron chi connectivity index (χ3n) is 12.3. The third kappa shape index (κ3) is 11.4. The molecule has 7 heterocycles. The highest BCUT2D eigenvalue weighted by Gasteiger charge is 2.55. The van der Waals surface area contributed by atoms with Gasteiger partial charge in [0.05, 0.1) is 39.6 Å². The summed E-state index contributed by atoms with van der Waals surface area (Å²) in [7, 11) is 0. The van der Waals surface area contributed by atoms with Crippen molar-refractivity contribution in [1.29, 1.82) is 0 Å².